The second-order valence-corrected chi connectivity index (χ2v) is 1.84. The molecule has 0 heterocycles. The van der Waals surface area contributed by atoms with Gasteiger partial charge in [0.05, 0.1) is 25.4 Å². The number of hydrogen-bond acceptors (Lipinski definition) is 4. The quantitative estimate of drug-likeness (QED) is 0.404. The summed E-state index contributed by atoms with van der Waals surface area (Å²) in [5.74, 6) is 0. The van der Waals surface area contributed by atoms with E-state index in [1.165, 1.54) is 0 Å². The molecule has 0 aliphatic carbocycles. The van der Waals surface area contributed by atoms with Gasteiger partial charge in [0, 0.05) is 0 Å². The maximum atomic E-state index is 8.34. The molecule has 0 radical (unpaired) electrons. The second-order valence-electron chi connectivity index (χ2n) is 1.84. The van der Waals surface area contributed by atoms with Gasteiger partial charge in [-0.3, -0.25) is 0 Å². The molecule has 0 saturated heterocycles. The molecular weight excluding hydrogens is 319 g/mol. The van der Waals surface area contributed by atoms with Crippen molar-refractivity contribution in [3.63, 3.8) is 0 Å². The predicted octanol–water partition coefficient (Wildman–Crippen LogP) is -3.52. The van der Waals surface area contributed by atoms with Crippen LogP contribution in [0, 0.1) is 0 Å². The third-order valence-corrected chi connectivity index (χ3v) is 0.945. The first kappa shape index (κ1) is 12.4. The molecule has 9 heavy (non-hydrogen) atoms. The molecule has 0 atom stereocenters. The van der Waals surface area contributed by atoms with Crippen molar-refractivity contribution in [2.24, 2.45) is 5.73 Å². The van der Waals surface area contributed by atoms with Gasteiger partial charge in [-0.25, -0.2) is 0 Å². The molecule has 0 amide bonds. The van der Waals surface area contributed by atoms with Crippen LogP contribution in [0.4, 0.5) is 0 Å². The summed E-state index contributed by atoms with van der Waals surface area (Å²) in [5.41, 5.74) is 3.94. The molecular formula is C4H14BiNO3. The van der Waals surface area contributed by atoms with Crippen molar-refractivity contribution in [1.82, 2.24) is 0 Å². The van der Waals surface area contributed by atoms with Gasteiger partial charge in [-0.2, -0.15) is 0 Å². The van der Waals surface area contributed by atoms with Crippen molar-refractivity contribution < 1.29 is 15.3 Å². The van der Waals surface area contributed by atoms with Gasteiger partial charge in [-0.1, -0.05) is 0 Å². The molecule has 0 fully saturated rings. The fourth-order valence-corrected chi connectivity index (χ4v) is 0.150. The standard InChI is InChI=1S/C4H11NO3.Bi.3H/c5-4(1-6,2-7)3-8;;;;/h6-8H,1-3,5H2;;;;. The fourth-order valence-electron chi connectivity index (χ4n) is 0.150. The number of aliphatic hydroxyl groups is 3. The first-order chi connectivity index (χ1) is 3.68. The van der Waals surface area contributed by atoms with Crippen molar-refractivity contribution in [1.29, 1.82) is 0 Å². The van der Waals surface area contributed by atoms with E-state index in [1.807, 2.05) is 0 Å². The Labute approximate surface area is 72.8 Å². The molecule has 0 saturated carbocycles. The number of hydrogen-bond donors (Lipinski definition) is 4. The van der Waals surface area contributed by atoms with Crippen LogP contribution >= 0.6 is 0 Å². The Morgan fingerprint density at radius 3 is 1.22 bits per heavy atom. The third-order valence-electron chi connectivity index (χ3n) is 0.945. The molecule has 4 nitrogen and oxygen atoms in total. The molecule has 0 aliphatic heterocycles. The Morgan fingerprint density at radius 2 is 1.22 bits per heavy atom. The molecule has 0 unspecified atom stereocenters. The van der Waals surface area contributed by atoms with Crippen molar-refractivity contribution in [2.75, 3.05) is 19.8 Å². The zero-order valence-electron chi connectivity index (χ0n) is 5.25. The van der Waals surface area contributed by atoms with E-state index in [-0.39, 0.29) is 26.2 Å². The monoisotopic (exact) mass is 333 g/mol. The van der Waals surface area contributed by atoms with Gasteiger partial charge in [-0.15, -0.1) is 0 Å². The summed E-state index contributed by atoms with van der Waals surface area (Å²) >= 11 is 0. The van der Waals surface area contributed by atoms with Crippen molar-refractivity contribution in [2.45, 2.75) is 5.54 Å². The average molecular weight is 333 g/mol. The molecule has 0 aromatic carbocycles. The Kier molecular flexibility index (Phi) is 7.59. The van der Waals surface area contributed by atoms with E-state index in [0.717, 1.165) is 0 Å². The minimum atomic E-state index is -1.21. The van der Waals surface area contributed by atoms with Crippen molar-refractivity contribution >= 4 is 26.2 Å². The number of aliphatic hydroxyl groups excluding tert-OH is 3. The summed E-state index contributed by atoms with van der Waals surface area (Å²) in [6.07, 6.45) is 0. The van der Waals surface area contributed by atoms with Gasteiger partial charge in [-0.05, 0) is 0 Å². The Balaban J connectivity index is 0. The first-order valence-electron chi connectivity index (χ1n) is 2.30. The molecule has 0 rings (SSSR count). The minimum absolute atomic E-state index is 0. The normalized spacial score (nSPS) is 10.7. The summed E-state index contributed by atoms with van der Waals surface area (Å²) in [6.45, 7) is -1.21. The van der Waals surface area contributed by atoms with Crippen molar-refractivity contribution in [3.05, 3.63) is 0 Å². The number of nitrogens with two attached hydrogens (primary N) is 1. The van der Waals surface area contributed by atoms with Crippen LogP contribution in [0.25, 0.3) is 0 Å². The van der Waals surface area contributed by atoms with Crippen LogP contribution in [0.3, 0.4) is 0 Å². The molecule has 58 valence electrons. The SMILES string of the molecule is NC(CO)(CO)CO.[BiH3]. The molecule has 0 aromatic rings. The van der Waals surface area contributed by atoms with Gasteiger partial charge in [0.2, 0.25) is 0 Å². The summed E-state index contributed by atoms with van der Waals surface area (Å²) < 4.78 is 0. The maximum absolute atomic E-state index is 8.34. The van der Waals surface area contributed by atoms with Crippen LogP contribution in [-0.4, -0.2) is 66.9 Å². The average Bonchev–Trinajstić information content (AvgIpc) is 1.87. The van der Waals surface area contributed by atoms with E-state index in [4.69, 9.17) is 21.1 Å². The fraction of sp³-hybridized carbons (Fsp3) is 1.00. The second kappa shape index (κ2) is 5.50. The molecule has 0 aliphatic rings. The first-order valence-corrected chi connectivity index (χ1v) is 2.30. The zero-order valence-corrected chi connectivity index (χ0v) is 10.7. The number of rotatable bonds is 3. The van der Waals surface area contributed by atoms with Crippen LogP contribution in [0.15, 0.2) is 0 Å². The summed E-state index contributed by atoms with van der Waals surface area (Å²) in [6, 6.07) is 0. The van der Waals surface area contributed by atoms with Crippen molar-refractivity contribution in [3.8, 4) is 0 Å². The van der Waals surface area contributed by atoms with Crippen LogP contribution in [0.2, 0.25) is 0 Å². The topological polar surface area (TPSA) is 86.7 Å². The van der Waals surface area contributed by atoms with Crippen LogP contribution < -0.4 is 5.73 Å². The Morgan fingerprint density at radius 1 is 1.00 bits per heavy atom. The molecule has 0 aromatic heterocycles. The van der Waals surface area contributed by atoms with Crippen LogP contribution in [0.5, 0.6) is 0 Å². The Bertz CT molecular complexity index is 58.6. The van der Waals surface area contributed by atoms with Crippen LogP contribution in [-0.2, 0) is 0 Å². The van der Waals surface area contributed by atoms with E-state index in [9.17, 15) is 0 Å². The molecule has 5 N–H and O–H groups in total. The van der Waals surface area contributed by atoms with Crippen LogP contribution in [0.1, 0.15) is 0 Å². The molecule has 0 bridgehead atoms. The summed E-state index contributed by atoms with van der Waals surface area (Å²) in [5, 5.41) is 25.0. The zero-order chi connectivity index (χ0) is 6.62. The predicted molar refractivity (Wildman–Crippen MR) is 38.1 cm³/mol. The third kappa shape index (κ3) is 4.17. The van der Waals surface area contributed by atoms with E-state index in [1.54, 1.807) is 0 Å². The van der Waals surface area contributed by atoms with Gasteiger partial charge in [0.15, 0.2) is 0 Å². The van der Waals surface area contributed by atoms with E-state index in [0.29, 0.717) is 0 Å². The van der Waals surface area contributed by atoms with E-state index >= 15 is 0 Å². The molecule has 0 spiro atoms. The van der Waals surface area contributed by atoms with Gasteiger partial charge < -0.3 is 21.1 Å². The van der Waals surface area contributed by atoms with Gasteiger partial charge >= 0.3 is 26.2 Å². The Hall–Kier alpha value is 0.723. The van der Waals surface area contributed by atoms with E-state index in [2.05, 4.69) is 0 Å². The molecule has 5 heteroatoms. The summed E-state index contributed by atoms with van der Waals surface area (Å²) in [4.78, 5) is 0. The van der Waals surface area contributed by atoms with E-state index < -0.39 is 25.4 Å². The van der Waals surface area contributed by atoms with Gasteiger partial charge in [0.25, 0.3) is 0 Å². The van der Waals surface area contributed by atoms with Gasteiger partial charge in [0.1, 0.15) is 0 Å². The summed E-state index contributed by atoms with van der Waals surface area (Å²) in [7, 11) is 0.